The second-order valence-electron chi connectivity index (χ2n) is 3.89. The normalized spacial score (nSPS) is 20.9. The first-order chi connectivity index (χ1) is 7.66. The van der Waals surface area contributed by atoms with E-state index in [-0.39, 0.29) is 5.91 Å². The van der Waals surface area contributed by atoms with Crippen LogP contribution in [0.2, 0.25) is 0 Å². The van der Waals surface area contributed by atoms with Crippen LogP contribution < -0.4 is 0 Å². The van der Waals surface area contributed by atoms with Crippen molar-refractivity contribution in [3.63, 3.8) is 0 Å². The summed E-state index contributed by atoms with van der Waals surface area (Å²) in [5, 5.41) is 9.51. The van der Waals surface area contributed by atoms with Crippen LogP contribution in [0.15, 0.2) is 22.8 Å². The summed E-state index contributed by atoms with van der Waals surface area (Å²) in [6, 6.07) is 5.25. The standard InChI is InChI=1S/C11H13BrN2O2/c12-10-5-1-4-9(13-10)11(16)14-6-2-3-8(15)7-14/h1,4-5,8,15H,2-3,6-7H2/t8-/m0/s1. The van der Waals surface area contributed by atoms with Gasteiger partial charge in [-0.15, -0.1) is 0 Å². The van der Waals surface area contributed by atoms with Crippen molar-refractivity contribution >= 4 is 21.8 Å². The van der Waals surface area contributed by atoms with E-state index in [9.17, 15) is 9.90 Å². The molecule has 1 saturated heterocycles. The van der Waals surface area contributed by atoms with Gasteiger partial charge < -0.3 is 10.0 Å². The molecule has 0 unspecified atom stereocenters. The number of aliphatic hydroxyl groups is 1. The molecular formula is C11H13BrN2O2. The molecule has 4 nitrogen and oxygen atoms in total. The van der Waals surface area contributed by atoms with Crippen LogP contribution in [-0.4, -0.2) is 40.1 Å². The minimum atomic E-state index is -0.398. The predicted octanol–water partition coefficient (Wildman–Crippen LogP) is 1.44. The smallest absolute Gasteiger partial charge is 0.272 e. The molecule has 0 radical (unpaired) electrons. The molecule has 0 aliphatic carbocycles. The molecule has 1 atom stereocenters. The fraction of sp³-hybridized carbons (Fsp3) is 0.455. The second-order valence-corrected chi connectivity index (χ2v) is 4.71. The van der Waals surface area contributed by atoms with Gasteiger partial charge in [-0.1, -0.05) is 6.07 Å². The van der Waals surface area contributed by atoms with Gasteiger partial charge in [-0.2, -0.15) is 0 Å². The minimum Gasteiger partial charge on any atom is -0.391 e. The summed E-state index contributed by atoms with van der Waals surface area (Å²) < 4.78 is 0.649. The number of nitrogens with zero attached hydrogens (tertiary/aromatic N) is 2. The van der Waals surface area contributed by atoms with Crippen LogP contribution in [0.4, 0.5) is 0 Å². The zero-order valence-electron chi connectivity index (χ0n) is 8.77. The Morgan fingerprint density at radius 1 is 1.56 bits per heavy atom. The van der Waals surface area contributed by atoms with Crippen molar-refractivity contribution in [3.8, 4) is 0 Å². The van der Waals surface area contributed by atoms with Crippen LogP contribution in [0.5, 0.6) is 0 Å². The lowest BCUT2D eigenvalue weighted by molar-refractivity contribution is 0.0469. The lowest BCUT2D eigenvalue weighted by atomic mass is 10.1. The number of rotatable bonds is 1. The summed E-state index contributed by atoms with van der Waals surface area (Å²) in [6.45, 7) is 1.11. The Morgan fingerprint density at radius 3 is 3.06 bits per heavy atom. The number of likely N-dealkylation sites (tertiary alicyclic amines) is 1. The Morgan fingerprint density at radius 2 is 2.38 bits per heavy atom. The van der Waals surface area contributed by atoms with Gasteiger partial charge in [-0.3, -0.25) is 4.79 Å². The fourth-order valence-corrected chi connectivity index (χ4v) is 2.17. The maximum atomic E-state index is 12.0. The van der Waals surface area contributed by atoms with Crippen LogP contribution in [0, 0.1) is 0 Å². The van der Waals surface area contributed by atoms with Gasteiger partial charge in [-0.25, -0.2) is 4.98 Å². The average Bonchev–Trinajstić information content (AvgIpc) is 2.28. The van der Waals surface area contributed by atoms with Crippen molar-refractivity contribution < 1.29 is 9.90 Å². The molecule has 1 aromatic rings. The lowest BCUT2D eigenvalue weighted by Gasteiger charge is -2.29. The maximum absolute atomic E-state index is 12.0. The lowest BCUT2D eigenvalue weighted by Crippen LogP contribution is -2.42. The highest BCUT2D eigenvalue weighted by molar-refractivity contribution is 9.10. The molecule has 5 heteroatoms. The van der Waals surface area contributed by atoms with Gasteiger partial charge >= 0.3 is 0 Å². The molecular weight excluding hydrogens is 272 g/mol. The van der Waals surface area contributed by atoms with Gasteiger partial charge in [0.25, 0.3) is 5.91 Å². The molecule has 1 amide bonds. The van der Waals surface area contributed by atoms with E-state index >= 15 is 0 Å². The first-order valence-electron chi connectivity index (χ1n) is 5.27. The van der Waals surface area contributed by atoms with E-state index in [1.807, 2.05) is 0 Å². The monoisotopic (exact) mass is 284 g/mol. The number of aromatic nitrogens is 1. The first kappa shape index (κ1) is 11.5. The van der Waals surface area contributed by atoms with E-state index in [0.29, 0.717) is 23.4 Å². The first-order valence-corrected chi connectivity index (χ1v) is 6.06. The molecule has 2 heterocycles. The summed E-state index contributed by atoms with van der Waals surface area (Å²) >= 11 is 3.24. The Balaban J connectivity index is 2.12. The van der Waals surface area contributed by atoms with E-state index in [1.165, 1.54) is 0 Å². The highest BCUT2D eigenvalue weighted by Crippen LogP contribution is 2.14. The Bertz CT molecular complexity index is 397. The number of aliphatic hydroxyl groups excluding tert-OH is 1. The largest absolute Gasteiger partial charge is 0.391 e. The summed E-state index contributed by atoms with van der Waals surface area (Å²) in [5.74, 6) is -0.111. The Kier molecular flexibility index (Phi) is 3.56. The van der Waals surface area contributed by atoms with Crippen molar-refractivity contribution in [2.75, 3.05) is 13.1 Å². The van der Waals surface area contributed by atoms with Crippen molar-refractivity contribution in [1.82, 2.24) is 9.88 Å². The molecule has 16 heavy (non-hydrogen) atoms. The van der Waals surface area contributed by atoms with E-state index in [1.54, 1.807) is 23.1 Å². The van der Waals surface area contributed by atoms with Gasteiger partial charge in [-0.05, 0) is 40.9 Å². The molecule has 0 saturated carbocycles. The minimum absolute atomic E-state index is 0.111. The summed E-state index contributed by atoms with van der Waals surface area (Å²) in [5.41, 5.74) is 0.420. The quantitative estimate of drug-likeness (QED) is 0.794. The number of halogens is 1. The highest BCUT2D eigenvalue weighted by Gasteiger charge is 2.23. The van der Waals surface area contributed by atoms with Gasteiger partial charge in [0.15, 0.2) is 0 Å². The summed E-state index contributed by atoms with van der Waals surface area (Å²) in [4.78, 5) is 17.8. The zero-order valence-corrected chi connectivity index (χ0v) is 10.4. The van der Waals surface area contributed by atoms with E-state index < -0.39 is 6.10 Å². The maximum Gasteiger partial charge on any atom is 0.272 e. The van der Waals surface area contributed by atoms with Crippen molar-refractivity contribution in [3.05, 3.63) is 28.5 Å². The predicted molar refractivity (Wildman–Crippen MR) is 63.1 cm³/mol. The van der Waals surface area contributed by atoms with E-state index in [0.717, 1.165) is 12.8 Å². The van der Waals surface area contributed by atoms with Crippen molar-refractivity contribution in [2.45, 2.75) is 18.9 Å². The van der Waals surface area contributed by atoms with Crippen LogP contribution in [-0.2, 0) is 0 Å². The summed E-state index contributed by atoms with van der Waals surface area (Å²) in [7, 11) is 0. The van der Waals surface area contributed by atoms with Gasteiger partial charge in [0, 0.05) is 13.1 Å². The summed E-state index contributed by atoms with van der Waals surface area (Å²) in [6.07, 6.45) is 1.22. The Labute approximate surface area is 102 Å². The number of carbonyl (C=O) groups excluding carboxylic acids is 1. The number of β-amino-alcohol motifs (C(OH)–C–C–N with tert-alkyl or cyclic N) is 1. The molecule has 1 aromatic heterocycles. The molecule has 0 aromatic carbocycles. The molecule has 1 aliphatic rings. The average molecular weight is 285 g/mol. The number of hydrogen-bond acceptors (Lipinski definition) is 3. The third kappa shape index (κ3) is 2.59. The number of pyridine rings is 1. The third-order valence-corrected chi connectivity index (χ3v) is 3.06. The molecule has 0 spiro atoms. The van der Waals surface area contributed by atoms with Crippen LogP contribution in [0.3, 0.4) is 0 Å². The second kappa shape index (κ2) is 4.93. The molecule has 1 fully saturated rings. The zero-order chi connectivity index (χ0) is 11.5. The van der Waals surface area contributed by atoms with Crippen LogP contribution in [0.1, 0.15) is 23.3 Å². The van der Waals surface area contributed by atoms with Gasteiger partial charge in [0.05, 0.1) is 6.10 Å². The number of carbonyl (C=O) groups is 1. The molecule has 1 N–H and O–H groups in total. The highest BCUT2D eigenvalue weighted by atomic mass is 79.9. The Hall–Kier alpha value is -0.940. The van der Waals surface area contributed by atoms with Gasteiger partial charge in [0.2, 0.25) is 0 Å². The molecule has 1 aliphatic heterocycles. The van der Waals surface area contributed by atoms with Crippen molar-refractivity contribution in [2.24, 2.45) is 0 Å². The molecule has 2 rings (SSSR count). The topological polar surface area (TPSA) is 53.4 Å². The molecule has 86 valence electrons. The molecule has 0 bridgehead atoms. The third-order valence-electron chi connectivity index (χ3n) is 2.62. The van der Waals surface area contributed by atoms with Crippen LogP contribution in [0.25, 0.3) is 0 Å². The number of piperidine rings is 1. The van der Waals surface area contributed by atoms with E-state index in [4.69, 9.17) is 0 Å². The van der Waals surface area contributed by atoms with Crippen LogP contribution >= 0.6 is 15.9 Å². The van der Waals surface area contributed by atoms with Gasteiger partial charge in [0.1, 0.15) is 10.3 Å². The fourth-order valence-electron chi connectivity index (χ4n) is 1.83. The van der Waals surface area contributed by atoms with Crippen molar-refractivity contribution in [1.29, 1.82) is 0 Å². The number of amides is 1. The van der Waals surface area contributed by atoms with E-state index in [2.05, 4.69) is 20.9 Å². The SMILES string of the molecule is O=C(c1cccc(Br)n1)N1CCC[C@H](O)C1. The number of hydrogen-bond donors (Lipinski definition) is 1.